The van der Waals surface area contributed by atoms with Crippen LogP contribution in [-0.4, -0.2) is 37.7 Å². The smallest absolute Gasteiger partial charge is 0.315 e. The minimum atomic E-state index is -0.572. The van der Waals surface area contributed by atoms with Crippen LogP contribution in [-0.2, 0) is 14.3 Å². The van der Waals surface area contributed by atoms with Crippen molar-refractivity contribution in [2.45, 2.75) is 63.4 Å². The van der Waals surface area contributed by atoms with Crippen LogP contribution >= 0.6 is 0 Å². The summed E-state index contributed by atoms with van der Waals surface area (Å²) in [6, 6.07) is 18.4. The van der Waals surface area contributed by atoms with Gasteiger partial charge in [0.1, 0.15) is 12.0 Å². The van der Waals surface area contributed by atoms with Gasteiger partial charge in [-0.15, -0.1) is 0 Å². The highest BCUT2D eigenvalue weighted by Crippen LogP contribution is 2.47. The van der Waals surface area contributed by atoms with Gasteiger partial charge >= 0.3 is 5.97 Å². The zero-order valence-electron chi connectivity index (χ0n) is 20.9. The number of hydrogen-bond acceptors (Lipinski definition) is 5. The molecule has 2 aromatic rings. The second kappa shape index (κ2) is 9.80. The maximum absolute atomic E-state index is 13.7. The summed E-state index contributed by atoms with van der Waals surface area (Å²) < 4.78 is 5.98. The van der Waals surface area contributed by atoms with Gasteiger partial charge in [0.05, 0.1) is 0 Å². The number of Topliss-reactive ketones (excluding diaryl/α,β-unsaturated/α-hetero) is 1. The van der Waals surface area contributed by atoms with E-state index in [1.807, 2.05) is 44.1 Å². The zero-order valence-corrected chi connectivity index (χ0v) is 20.9. The zero-order chi connectivity index (χ0) is 24.5. The van der Waals surface area contributed by atoms with Crippen LogP contribution in [0.5, 0.6) is 0 Å². The van der Waals surface area contributed by atoms with Crippen molar-refractivity contribution in [2.75, 3.05) is 19.0 Å². The van der Waals surface area contributed by atoms with Crippen LogP contribution < -0.4 is 4.90 Å². The number of carbonyl (C=O) groups is 2. The standard InChI is InChI=1S/C30H34N2O3/c1-19-27(30(34)35-24-11-7-8-12-24)28(21-13-15-23(16-14-21)32(2)3)29-25(31-19)17-22(18-26(29)33)20-9-5-4-6-10-20/h4-6,9-10,13-16,22,24,27-28H,7-8,11-12,17-18H2,1-3H3/t22-,27?,28+/m1/s1. The van der Waals surface area contributed by atoms with Crippen LogP contribution in [0.25, 0.3) is 0 Å². The number of allylic oxidation sites excluding steroid dienone is 2. The van der Waals surface area contributed by atoms with Gasteiger partial charge < -0.3 is 9.64 Å². The molecule has 1 fully saturated rings. The van der Waals surface area contributed by atoms with E-state index in [0.29, 0.717) is 18.4 Å². The van der Waals surface area contributed by atoms with Crippen molar-refractivity contribution < 1.29 is 14.3 Å². The van der Waals surface area contributed by atoms with E-state index in [0.717, 1.165) is 53.9 Å². The Bertz CT molecular complexity index is 1160. The van der Waals surface area contributed by atoms with Crippen LogP contribution in [0.3, 0.4) is 0 Å². The van der Waals surface area contributed by atoms with Gasteiger partial charge in [-0.05, 0) is 68.2 Å². The third kappa shape index (κ3) is 4.69. The monoisotopic (exact) mass is 470 g/mol. The Morgan fingerprint density at radius 2 is 1.63 bits per heavy atom. The van der Waals surface area contributed by atoms with E-state index in [1.165, 1.54) is 0 Å². The highest BCUT2D eigenvalue weighted by molar-refractivity contribution is 6.09. The Morgan fingerprint density at radius 3 is 2.29 bits per heavy atom. The molecule has 1 heterocycles. The molecule has 5 rings (SSSR count). The van der Waals surface area contributed by atoms with Crippen LogP contribution in [0, 0.1) is 5.92 Å². The maximum atomic E-state index is 13.7. The van der Waals surface area contributed by atoms with Crippen molar-refractivity contribution in [1.29, 1.82) is 0 Å². The lowest BCUT2D eigenvalue weighted by Crippen LogP contribution is -2.39. The van der Waals surface area contributed by atoms with E-state index in [1.54, 1.807) is 0 Å². The average molecular weight is 471 g/mol. The summed E-state index contributed by atoms with van der Waals surface area (Å²) in [5.41, 5.74) is 5.49. The number of benzene rings is 2. The molecule has 2 aliphatic carbocycles. The summed E-state index contributed by atoms with van der Waals surface area (Å²) in [6.07, 6.45) is 5.16. The molecule has 5 nitrogen and oxygen atoms in total. The van der Waals surface area contributed by atoms with E-state index in [4.69, 9.17) is 9.73 Å². The predicted molar refractivity (Wildman–Crippen MR) is 139 cm³/mol. The van der Waals surface area contributed by atoms with E-state index in [9.17, 15) is 9.59 Å². The number of aliphatic imine (C=N–C) groups is 1. The lowest BCUT2D eigenvalue weighted by atomic mass is 9.69. The van der Waals surface area contributed by atoms with Crippen molar-refractivity contribution in [1.82, 2.24) is 0 Å². The van der Waals surface area contributed by atoms with E-state index >= 15 is 0 Å². The van der Waals surface area contributed by atoms with Crippen molar-refractivity contribution >= 4 is 23.2 Å². The summed E-state index contributed by atoms with van der Waals surface area (Å²) >= 11 is 0. The summed E-state index contributed by atoms with van der Waals surface area (Å²) in [5.74, 6) is -0.979. The van der Waals surface area contributed by atoms with Gasteiger partial charge in [0.2, 0.25) is 0 Å². The molecule has 1 unspecified atom stereocenters. The Balaban J connectivity index is 1.54. The SMILES string of the molecule is CC1=NC2=C(C(=O)C[C@H](c3ccccc3)C2)[C@@H](c2ccc(N(C)C)cc2)C1C(=O)OC1CCCC1. The number of ether oxygens (including phenoxy) is 1. The normalized spacial score (nSPS) is 24.7. The molecule has 3 aliphatic rings. The number of hydrogen-bond donors (Lipinski definition) is 0. The number of ketones is 1. The summed E-state index contributed by atoms with van der Waals surface area (Å²) in [7, 11) is 4.01. The molecule has 0 N–H and O–H groups in total. The fraction of sp³-hybridized carbons (Fsp3) is 0.433. The summed E-state index contributed by atoms with van der Waals surface area (Å²) in [5, 5.41) is 0. The fourth-order valence-electron chi connectivity index (χ4n) is 5.91. The maximum Gasteiger partial charge on any atom is 0.315 e. The van der Waals surface area contributed by atoms with E-state index in [2.05, 4.69) is 36.4 Å². The first-order valence-corrected chi connectivity index (χ1v) is 12.8. The molecule has 182 valence electrons. The third-order valence-electron chi connectivity index (χ3n) is 7.77. The molecule has 35 heavy (non-hydrogen) atoms. The van der Waals surface area contributed by atoms with Gasteiger partial charge in [-0.3, -0.25) is 14.6 Å². The highest BCUT2D eigenvalue weighted by atomic mass is 16.5. The Kier molecular flexibility index (Phi) is 6.59. The molecule has 0 bridgehead atoms. The second-order valence-electron chi connectivity index (χ2n) is 10.3. The molecule has 0 saturated heterocycles. The summed E-state index contributed by atoms with van der Waals surface area (Å²) in [6.45, 7) is 1.92. The number of rotatable bonds is 5. The van der Waals surface area contributed by atoms with Gasteiger partial charge in [-0.2, -0.15) is 0 Å². The van der Waals surface area contributed by atoms with Gasteiger partial charge in [0.15, 0.2) is 5.78 Å². The highest BCUT2D eigenvalue weighted by Gasteiger charge is 2.45. The molecule has 3 atom stereocenters. The fourth-order valence-corrected chi connectivity index (χ4v) is 5.91. The largest absolute Gasteiger partial charge is 0.462 e. The molecular weight excluding hydrogens is 436 g/mol. The third-order valence-corrected chi connectivity index (χ3v) is 7.77. The number of carbonyl (C=O) groups excluding carboxylic acids is 2. The van der Waals surface area contributed by atoms with Gasteiger partial charge in [-0.25, -0.2) is 0 Å². The lowest BCUT2D eigenvalue weighted by molar-refractivity contribution is -0.151. The first kappa shape index (κ1) is 23.5. The molecule has 0 amide bonds. The summed E-state index contributed by atoms with van der Waals surface area (Å²) in [4.78, 5) is 34.2. The molecule has 0 aromatic heterocycles. The van der Waals surface area contributed by atoms with E-state index < -0.39 is 5.92 Å². The van der Waals surface area contributed by atoms with Crippen molar-refractivity contribution in [3.05, 3.63) is 77.0 Å². The first-order chi connectivity index (χ1) is 16.9. The molecule has 0 radical (unpaired) electrons. The Morgan fingerprint density at radius 1 is 0.943 bits per heavy atom. The number of anilines is 1. The van der Waals surface area contributed by atoms with Crippen LogP contribution in [0.15, 0.2) is 70.9 Å². The minimum Gasteiger partial charge on any atom is -0.462 e. The quantitative estimate of drug-likeness (QED) is 0.517. The van der Waals surface area contributed by atoms with Crippen LogP contribution in [0.4, 0.5) is 5.69 Å². The number of nitrogens with zero attached hydrogens (tertiary/aromatic N) is 2. The van der Waals surface area contributed by atoms with Gasteiger partial charge in [-0.1, -0.05) is 42.5 Å². The average Bonchev–Trinajstić information content (AvgIpc) is 3.36. The molecule has 1 saturated carbocycles. The van der Waals surface area contributed by atoms with Crippen molar-refractivity contribution in [3.63, 3.8) is 0 Å². The molecule has 2 aromatic carbocycles. The molecule has 1 aliphatic heterocycles. The molecular formula is C30H34N2O3. The first-order valence-electron chi connectivity index (χ1n) is 12.8. The van der Waals surface area contributed by atoms with Crippen LogP contribution in [0.2, 0.25) is 0 Å². The number of esters is 1. The van der Waals surface area contributed by atoms with Crippen molar-refractivity contribution in [3.8, 4) is 0 Å². The molecule has 5 heteroatoms. The van der Waals surface area contributed by atoms with Gasteiger partial charge in [0.25, 0.3) is 0 Å². The Hall–Kier alpha value is -3.21. The second-order valence-corrected chi connectivity index (χ2v) is 10.3. The Labute approximate surface area is 207 Å². The lowest BCUT2D eigenvalue weighted by Gasteiger charge is -2.37. The van der Waals surface area contributed by atoms with Crippen LogP contribution in [0.1, 0.15) is 68.4 Å². The van der Waals surface area contributed by atoms with Gasteiger partial charge in [0, 0.05) is 49.1 Å². The predicted octanol–water partition coefficient (Wildman–Crippen LogP) is 5.81. The minimum absolute atomic E-state index is 0.0213. The topological polar surface area (TPSA) is 59.0 Å². The molecule has 0 spiro atoms. The van der Waals surface area contributed by atoms with E-state index in [-0.39, 0.29) is 29.7 Å². The van der Waals surface area contributed by atoms with Crippen molar-refractivity contribution in [2.24, 2.45) is 10.9 Å².